The Bertz CT molecular complexity index is 1280. The molecule has 8 heteroatoms. The molecule has 186 valence electrons. The number of alkyl carbamates (subject to hydrolysis) is 1. The van der Waals surface area contributed by atoms with Gasteiger partial charge in [0.05, 0.1) is 13.2 Å². The van der Waals surface area contributed by atoms with Crippen molar-refractivity contribution < 1.29 is 29.3 Å². The fraction of sp³-hybridized carbons (Fsp3) is 0.286. The van der Waals surface area contributed by atoms with E-state index in [1.807, 2.05) is 24.3 Å². The van der Waals surface area contributed by atoms with Crippen LogP contribution in [-0.4, -0.2) is 48.1 Å². The second-order valence-corrected chi connectivity index (χ2v) is 9.19. The Hall–Kier alpha value is -4.04. The second kappa shape index (κ2) is 9.54. The number of esters is 1. The molecular weight excluding hydrogens is 460 g/mol. The van der Waals surface area contributed by atoms with Gasteiger partial charge in [-0.25, -0.2) is 4.79 Å². The second-order valence-electron chi connectivity index (χ2n) is 9.19. The SMILES string of the molecule is COC(=O)[C@@H]1Cc2ccc(O)c(O)c2[C@@H]([C@H](C)NC(=O)OCC2c3ccccc3-c3ccccc32)N1. The molecule has 0 radical (unpaired) electrons. The van der Waals surface area contributed by atoms with Crippen LogP contribution in [0.1, 0.15) is 41.1 Å². The van der Waals surface area contributed by atoms with E-state index in [2.05, 4.69) is 34.9 Å². The van der Waals surface area contributed by atoms with Crippen LogP contribution >= 0.6 is 0 Å². The van der Waals surface area contributed by atoms with Gasteiger partial charge in [0.2, 0.25) is 0 Å². The molecule has 5 rings (SSSR count). The van der Waals surface area contributed by atoms with Gasteiger partial charge in [-0.3, -0.25) is 10.1 Å². The topological polar surface area (TPSA) is 117 Å². The van der Waals surface area contributed by atoms with Crippen molar-refractivity contribution in [2.24, 2.45) is 0 Å². The molecule has 0 saturated carbocycles. The maximum absolute atomic E-state index is 12.8. The number of hydrogen-bond donors (Lipinski definition) is 4. The number of benzene rings is 3. The van der Waals surface area contributed by atoms with Crippen LogP contribution in [0.2, 0.25) is 0 Å². The Labute approximate surface area is 208 Å². The number of carbonyl (C=O) groups excluding carboxylic acids is 2. The summed E-state index contributed by atoms with van der Waals surface area (Å²) in [7, 11) is 1.31. The van der Waals surface area contributed by atoms with Crippen LogP contribution in [0.4, 0.5) is 4.79 Å². The number of amides is 1. The molecule has 0 saturated heterocycles. The summed E-state index contributed by atoms with van der Waals surface area (Å²) in [6.45, 7) is 1.91. The van der Waals surface area contributed by atoms with Crippen molar-refractivity contribution in [2.75, 3.05) is 13.7 Å². The highest BCUT2D eigenvalue weighted by atomic mass is 16.5. The lowest BCUT2D eigenvalue weighted by Gasteiger charge is -2.36. The van der Waals surface area contributed by atoms with E-state index >= 15 is 0 Å². The minimum atomic E-state index is -0.664. The summed E-state index contributed by atoms with van der Waals surface area (Å²) in [5.74, 6) is -1.08. The summed E-state index contributed by atoms with van der Waals surface area (Å²) in [4.78, 5) is 25.1. The van der Waals surface area contributed by atoms with Gasteiger partial charge in [0.25, 0.3) is 0 Å². The number of fused-ring (bicyclic) bond motifs is 4. The Balaban J connectivity index is 1.32. The summed E-state index contributed by atoms with van der Waals surface area (Å²) < 4.78 is 10.6. The van der Waals surface area contributed by atoms with Gasteiger partial charge in [0, 0.05) is 17.5 Å². The number of carbonyl (C=O) groups is 2. The molecule has 3 atom stereocenters. The van der Waals surface area contributed by atoms with Gasteiger partial charge in [-0.15, -0.1) is 0 Å². The van der Waals surface area contributed by atoms with Crippen molar-refractivity contribution in [2.45, 2.75) is 37.4 Å². The lowest BCUT2D eigenvalue weighted by atomic mass is 9.86. The van der Waals surface area contributed by atoms with Crippen LogP contribution in [0.15, 0.2) is 60.7 Å². The third kappa shape index (κ3) is 4.13. The minimum Gasteiger partial charge on any atom is -0.504 e. The molecule has 36 heavy (non-hydrogen) atoms. The number of methoxy groups -OCH3 is 1. The molecule has 0 unspecified atom stereocenters. The number of ether oxygens (including phenoxy) is 2. The van der Waals surface area contributed by atoms with Crippen LogP contribution in [-0.2, 0) is 20.7 Å². The summed E-state index contributed by atoms with van der Waals surface area (Å²) in [5.41, 5.74) is 5.63. The van der Waals surface area contributed by atoms with Gasteiger partial charge in [0.1, 0.15) is 12.6 Å². The number of nitrogens with one attached hydrogen (secondary N) is 2. The molecule has 0 spiro atoms. The van der Waals surface area contributed by atoms with E-state index in [0.717, 1.165) is 22.3 Å². The van der Waals surface area contributed by atoms with E-state index in [1.165, 1.54) is 13.2 Å². The molecule has 2 aliphatic rings. The first kappa shape index (κ1) is 23.7. The van der Waals surface area contributed by atoms with Crippen molar-refractivity contribution in [1.29, 1.82) is 0 Å². The molecular formula is C28H28N2O6. The van der Waals surface area contributed by atoms with Crippen molar-refractivity contribution in [3.8, 4) is 22.6 Å². The predicted molar refractivity (Wildman–Crippen MR) is 133 cm³/mol. The average molecular weight is 489 g/mol. The quantitative estimate of drug-likeness (QED) is 0.319. The molecule has 0 fully saturated rings. The largest absolute Gasteiger partial charge is 0.504 e. The molecule has 1 aliphatic heterocycles. The molecule has 3 aromatic carbocycles. The Kier molecular flexibility index (Phi) is 6.28. The summed E-state index contributed by atoms with van der Waals surface area (Å²) in [6.07, 6.45) is -0.336. The maximum atomic E-state index is 12.8. The van der Waals surface area contributed by atoms with Crippen LogP contribution in [0.25, 0.3) is 11.1 Å². The Morgan fingerprint density at radius 2 is 1.67 bits per heavy atom. The standard InChI is InChI=1S/C28H28N2O6/c1-15(25-24-16(11-12-23(31)26(24)32)13-22(30-25)27(33)35-2)29-28(34)36-14-21-19-9-5-3-7-17(19)18-8-4-6-10-20(18)21/h3-12,15,21-22,25,30-32H,13-14H2,1-2H3,(H,29,34)/t15-,22-,25+/m0/s1. The molecule has 0 aromatic heterocycles. The molecule has 8 nitrogen and oxygen atoms in total. The lowest BCUT2D eigenvalue weighted by molar-refractivity contribution is -0.143. The van der Waals surface area contributed by atoms with Gasteiger partial charge in [0.15, 0.2) is 11.5 Å². The number of hydrogen-bond acceptors (Lipinski definition) is 7. The average Bonchev–Trinajstić information content (AvgIpc) is 3.22. The fourth-order valence-electron chi connectivity index (χ4n) is 5.34. The highest BCUT2D eigenvalue weighted by Gasteiger charge is 2.37. The van der Waals surface area contributed by atoms with Gasteiger partial charge in [-0.1, -0.05) is 54.6 Å². The first-order chi connectivity index (χ1) is 17.4. The zero-order valence-corrected chi connectivity index (χ0v) is 20.0. The highest BCUT2D eigenvalue weighted by molar-refractivity contribution is 5.79. The predicted octanol–water partition coefficient (Wildman–Crippen LogP) is 3.75. The molecule has 1 aliphatic carbocycles. The van der Waals surface area contributed by atoms with Crippen LogP contribution < -0.4 is 10.6 Å². The van der Waals surface area contributed by atoms with Crippen molar-refractivity contribution in [3.05, 3.63) is 82.9 Å². The molecule has 3 aromatic rings. The van der Waals surface area contributed by atoms with E-state index in [9.17, 15) is 19.8 Å². The third-order valence-electron chi connectivity index (χ3n) is 7.08. The maximum Gasteiger partial charge on any atom is 0.407 e. The first-order valence-electron chi connectivity index (χ1n) is 11.9. The number of phenols is 2. The van der Waals surface area contributed by atoms with Gasteiger partial charge in [-0.2, -0.15) is 0 Å². The van der Waals surface area contributed by atoms with Crippen molar-refractivity contribution >= 4 is 12.1 Å². The van der Waals surface area contributed by atoms with E-state index in [-0.39, 0.29) is 30.4 Å². The zero-order chi connectivity index (χ0) is 25.4. The summed E-state index contributed by atoms with van der Waals surface area (Å²) in [6, 6.07) is 17.3. The minimum absolute atomic E-state index is 0.0725. The van der Waals surface area contributed by atoms with E-state index in [4.69, 9.17) is 9.47 Å². The van der Waals surface area contributed by atoms with Gasteiger partial charge in [-0.05, 0) is 47.2 Å². The van der Waals surface area contributed by atoms with Crippen molar-refractivity contribution in [1.82, 2.24) is 10.6 Å². The molecule has 1 heterocycles. The van der Waals surface area contributed by atoms with Crippen LogP contribution in [0.5, 0.6) is 11.5 Å². The van der Waals surface area contributed by atoms with Crippen LogP contribution in [0.3, 0.4) is 0 Å². The molecule has 4 N–H and O–H groups in total. The summed E-state index contributed by atoms with van der Waals surface area (Å²) >= 11 is 0. The van der Waals surface area contributed by atoms with Gasteiger partial charge >= 0.3 is 12.1 Å². The number of rotatable bonds is 5. The number of aromatic hydroxyl groups is 2. The molecule has 1 amide bonds. The Morgan fingerprint density at radius 3 is 2.31 bits per heavy atom. The fourth-order valence-corrected chi connectivity index (χ4v) is 5.34. The smallest absolute Gasteiger partial charge is 0.407 e. The van der Waals surface area contributed by atoms with E-state index in [1.54, 1.807) is 13.0 Å². The lowest BCUT2D eigenvalue weighted by Crippen LogP contribution is -2.52. The monoisotopic (exact) mass is 488 g/mol. The highest BCUT2D eigenvalue weighted by Crippen LogP contribution is 2.44. The number of phenolic OH excluding ortho intramolecular Hbond substituents is 2. The molecule has 0 bridgehead atoms. The van der Waals surface area contributed by atoms with E-state index < -0.39 is 30.2 Å². The normalized spacial score (nSPS) is 18.9. The third-order valence-corrected chi connectivity index (χ3v) is 7.08. The Morgan fingerprint density at radius 1 is 1.03 bits per heavy atom. The zero-order valence-electron chi connectivity index (χ0n) is 20.0. The van der Waals surface area contributed by atoms with Crippen molar-refractivity contribution in [3.63, 3.8) is 0 Å². The van der Waals surface area contributed by atoms with Gasteiger partial charge < -0.3 is 25.0 Å². The van der Waals surface area contributed by atoms with E-state index in [0.29, 0.717) is 11.1 Å². The first-order valence-corrected chi connectivity index (χ1v) is 11.9. The van der Waals surface area contributed by atoms with Crippen LogP contribution in [0, 0.1) is 0 Å². The summed E-state index contributed by atoms with van der Waals surface area (Å²) in [5, 5.41) is 26.6.